The number of methoxy groups -OCH3 is 2. The molecule has 0 aliphatic carbocycles. The molecule has 1 amide bonds. The molecule has 0 atom stereocenters. The van der Waals surface area contributed by atoms with Crippen molar-refractivity contribution in [2.24, 2.45) is 0 Å². The lowest BCUT2D eigenvalue weighted by Gasteiger charge is -2.20. The normalized spacial score (nSPS) is 12.8. The van der Waals surface area contributed by atoms with Gasteiger partial charge in [0.2, 0.25) is 5.78 Å². The summed E-state index contributed by atoms with van der Waals surface area (Å²) >= 11 is 0. The molecule has 3 aromatic carbocycles. The minimum absolute atomic E-state index is 0.115. The number of anilines is 1. The third kappa shape index (κ3) is 4.75. The third-order valence-corrected chi connectivity index (χ3v) is 5.72. The summed E-state index contributed by atoms with van der Waals surface area (Å²) < 4.78 is 10.9. The molecular weight excluding hydrogens is 416 g/mol. The fourth-order valence-electron chi connectivity index (χ4n) is 3.87. The second kappa shape index (κ2) is 9.61. The number of carbonyl (C=O) groups excluding carboxylic acids is 2. The molecule has 0 radical (unpaired) electrons. The Morgan fingerprint density at radius 1 is 0.879 bits per heavy atom. The minimum atomic E-state index is -0.221. The number of benzene rings is 3. The molecule has 1 heterocycles. The van der Waals surface area contributed by atoms with Crippen LogP contribution in [0, 0.1) is 0 Å². The largest absolute Gasteiger partial charge is 0.493 e. The number of amides is 1. The van der Waals surface area contributed by atoms with Crippen LogP contribution in [0.15, 0.2) is 72.4 Å². The quantitative estimate of drug-likeness (QED) is 0.562. The average Bonchev–Trinajstić information content (AvgIpc) is 3.01. The number of likely N-dealkylation sites (N-methyl/N-ethyl adjacent to an activating group) is 1. The highest BCUT2D eigenvalue weighted by Crippen LogP contribution is 2.34. The number of nitrogens with zero attached hydrogens (tertiary/aromatic N) is 1. The highest BCUT2D eigenvalue weighted by Gasteiger charge is 2.22. The number of ketones is 1. The van der Waals surface area contributed by atoms with Crippen LogP contribution < -0.4 is 14.8 Å². The van der Waals surface area contributed by atoms with Gasteiger partial charge in [0.1, 0.15) is 0 Å². The van der Waals surface area contributed by atoms with Crippen LogP contribution in [-0.4, -0.2) is 44.4 Å². The van der Waals surface area contributed by atoms with E-state index in [2.05, 4.69) is 5.32 Å². The Hall–Kier alpha value is -4.06. The van der Waals surface area contributed by atoms with Gasteiger partial charge < -0.3 is 19.7 Å². The molecule has 0 bridgehead atoms. The van der Waals surface area contributed by atoms with Crippen molar-refractivity contribution in [2.75, 3.05) is 33.1 Å². The van der Waals surface area contributed by atoms with E-state index in [0.29, 0.717) is 40.6 Å². The standard InChI is InChI=1S/C27H26N2O4/c1-29-13-12-19-16-24(32-2)25(33-3)17-21(19)15-23(29)26(30)20-10-7-11-22(14-20)28-27(31)18-8-5-4-6-9-18/h4-11,14-17H,12-13H2,1-3H3,(H,28,31). The summed E-state index contributed by atoms with van der Waals surface area (Å²) in [7, 11) is 5.12. The number of nitrogens with one attached hydrogen (secondary N) is 1. The van der Waals surface area contributed by atoms with E-state index in [-0.39, 0.29) is 11.7 Å². The molecule has 3 aromatic rings. The lowest BCUT2D eigenvalue weighted by Crippen LogP contribution is -2.24. The van der Waals surface area contributed by atoms with Gasteiger partial charge in [-0.3, -0.25) is 9.59 Å². The Balaban J connectivity index is 1.64. The first-order chi connectivity index (χ1) is 16.0. The molecule has 168 valence electrons. The molecule has 0 saturated heterocycles. The summed E-state index contributed by atoms with van der Waals surface area (Å²) in [6.45, 7) is 0.685. The lowest BCUT2D eigenvalue weighted by molar-refractivity contribution is 0.0997. The molecule has 0 saturated carbocycles. The first kappa shape index (κ1) is 22.1. The summed E-state index contributed by atoms with van der Waals surface area (Å²) in [6, 6.07) is 19.8. The van der Waals surface area contributed by atoms with E-state index < -0.39 is 0 Å². The van der Waals surface area contributed by atoms with Crippen LogP contribution in [0.2, 0.25) is 0 Å². The monoisotopic (exact) mass is 442 g/mol. The van der Waals surface area contributed by atoms with Gasteiger partial charge in [-0.2, -0.15) is 0 Å². The second-order valence-corrected chi connectivity index (χ2v) is 7.84. The van der Waals surface area contributed by atoms with Crippen molar-refractivity contribution in [3.8, 4) is 11.5 Å². The predicted molar refractivity (Wildman–Crippen MR) is 129 cm³/mol. The van der Waals surface area contributed by atoms with Crippen molar-refractivity contribution in [3.05, 3.63) is 94.7 Å². The number of allylic oxidation sites excluding steroid dienone is 1. The first-order valence-corrected chi connectivity index (χ1v) is 10.7. The van der Waals surface area contributed by atoms with E-state index in [4.69, 9.17) is 9.47 Å². The number of carbonyl (C=O) groups is 2. The van der Waals surface area contributed by atoms with Crippen LogP contribution >= 0.6 is 0 Å². The van der Waals surface area contributed by atoms with Crippen molar-refractivity contribution >= 4 is 23.5 Å². The fraction of sp³-hybridized carbons (Fsp3) is 0.185. The van der Waals surface area contributed by atoms with E-state index in [9.17, 15) is 9.59 Å². The molecular formula is C27H26N2O4. The summed E-state index contributed by atoms with van der Waals surface area (Å²) in [4.78, 5) is 27.9. The number of fused-ring (bicyclic) bond motifs is 1. The Bertz CT molecular complexity index is 1220. The third-order valence-electron chi connectivity index (χ3n) is 5.72. The van der Waals surface area contributed by atoms with Crippen LogP contribution in [0.25, 0.3) is 6.08 Å². The number of hydrogen-bond donors (Lipinski definition) is 1. The molecule has 1 aliphatic heterocycles. The van der Waals surface area contributed by atoms with Crippen LogP contribution in [0.1, 0.15) is 31.8 Å². The average molecular weight is 443 g/mol. The molecule has 4 rings (SSSR count). The molecule has 0 fully saturated rings. The zero-order chi connectivity index (χ0) is 23.4. The Morgan fingerprint density at radius 2 is 1.58 bits per heavy atom. The van der Waals surface area contributed by atoms with Gasteiger partial charge in [-0.25, -0.2) is 0 Å². The summed E-state index contributed by atoms with van der Waals surface area (Å²) in [5, 5.41) is 2.87. The van der Waals surface area contributed by atoms with Crippen LogP contribution in [-0.2, 0) is 6.42 Å². The highest BCUT2D eigenvalue weighted by atomic mass is 16.5. The van der Waals surface area contributed by atoms with Gasteiger partial charge in [-0.05, 0) is 60.0 Å². The molecule has 6 heteroatoms. The van der Waals surface area contributed by atoms with Gasteiger partial charge in [-0.15, -0.1) is 0 Å². The van der Waals surface area contributed by atoms with E-state index >= 15 is 0 Å². The lowest BCUT2D eigenvalue weighted by atomic mass is 10.0. The molecule has 1 aliphatic rings. The SMILES string of the molecule is COc1cc2c(cc1OC)CCN(C)C(C(=O)c1cccc(NC(=O)c3ccccc3)c1)=C2. The molecule has 0 aromatic heterocycles. The number of ether oxygens (including phenoxy) is 2. The highest BCUT2D eigenvalue weighted by molar-refractivity contribution is 6.12. The molecule has 0 unspecified atom stereocenters. The van der Waals surface area contributed by atoms with Crippen LogP contribution in [0.3, 0.4) is 0 Å². The second-order valence-electron chi connectivity index (χ2n) is 7.84. The number of rotatable bonds is 6. The maximum absolute atomic E-state index is 13.5. The number of Topliss-reactive ketones (excluding diaryl/α,β-unsaturated/α-hetero) is 1. The van der Waals surface area contributed by atoms with E-state index in [1.165, 1.54) is 0 Å². The van der Waals surface area contributed by atoms with Crippen molar-refractivity contribution in [2.45, 2.75) is 6.42 Å². The van der Waals surface area contributed by atoms with E-state index in [1.807, 2.05) is 48.4 Å². The van der Waals surface area contributed by atoms with E-state index in [1.54, 1.807) is 50.6 Å². The van der Waals surface area contributed by atoms with Gasteiger partial charge >= 0.3 is 0 Å². The van der Waals surface area contributed by atoms with Gasteiger partial charge in [0, 0.05) is 30.4 Å². The molecule has 6 nitrogen and oxygen atoms in total. The smallest absolute Gasteiger partial charge is 0.255 e. The first-order valence-electron chi connectivity index (χ1n) is 10.7. The number of hydrogen-bond acceptors (Lipinski definition) is 5. The van der Waals surface area contributed by atoms with Gasteiger partial charge in [0.25, 0.3) is 5.91 Å². The summed E-state index contributed by atoms with van der Waals surface area (Å²) in [5.41, 5.74) is 4.22. The Kier molecular flexibility index (Phi) is 6.45. The van der Waals surface area contributed by atoms with Crippen LogP contribution in [0.4, 0.5) is 5.69 Å². The van der Waals surface area contributed by atoms with Crippen molar-refractivity contribution < 1.29 is 19.1 Å². The van der Waals surface area contributed by atoms with Gasteiger partial charge in [0.15, 0.2) is 11.5 Å². The Labute approximate surface area is 193 Å². The van der Waals surface area contributed by atoms with Crippen molar-refractivity contribution in [3.63, 3.8) is 0 Å². The zero-order valence-electron chi connectivity index (χ0n) is 18.9. The van der Waals surface area contributed by atoms with Gasteiger partial charge in [-0.1, -0.05) is 30.3 Å². The molecule has 0 spiro atoms. The zero-order valence-corrected chi connectivity index (χ0v) is 18.9. The molecule has 1 N–H and O–H groups in total. The van der Waals surface area contributed by atoms with Crippen LogP contribution in [0.5, 0.6) is 11.5 Å². The minimum Gasteiger partial charge on any atom is -0.493 e. The summed E-state index contributed by atoms with van der Waals surface area (Å²) in [6.07, 6.45) is 2.66. The molecule has 33 heavy (non-hydrogen) atoms. The predicted octanol–water partition coefficient (Wildman–Crippen LogP) is 4.67. The topological polar surface area (TPSA) is 67.9 Å². The fourth-order valence-corrected chi connectivity index (χ4v) is 3.87. The maximum atomic E-state index is 13.5. The summed E-state index contributed by atoms with van der Waals surface area (Å²) in [5.74, 6) is 0.954. The van der Waals surface area contributed by atoms with E-state index in [0.717, 1.165) is 17.5 Å². The Morgan fingerprint density at radius 3 is 2.30 bits per heavy atom. The van der Waals surface area contributed by atoms with Gasteiger partial charge in [0.05, 0.1) is 19.9 Å². The van der Waals surface area contributed by atoms with Crippen molar-refractivity contribution in [1.29, 1.82) is 0 Å². The maximum Gasteiger partial charge on any atom is 0.255 e. The van der Waals surface area contributed by atoms with Crippen molar-refractivity contribution in [1.82, 2.24) is 4.90 Å².